The Bertz CT molecular complexity index is 1100. The summed E-state index contributed by atoms with van der Waals surface area (Å²) >= 11 is 0. The summed E-state index contributed by atoms with van der Waals surface area (Å²) in [7, 11) is 0. The first kappa shape index (κ1) is 20.7. The van der Waals surface area contributed by atoms with Gasteiger partial charge in [0.25, 0.3) is 11.6 Å². The molecule has 3 aromatic rings. The molecule has 0 aliphatic carbocycles. The van der Waals surface area contributed by atoms with Crippen molar-refractivity contribution in [3.63, 3.8) is 0 Å². The number of carbonyl (C=O) groups excluding carboxylic acids is 2. The number of rotatable bonds is 8. The van der Waals surface area contributed by atoms with E-state index in [1.807, 2.05) is 4.90 Å². The first-order chi connectivity index (χ1) is 15.0. The van der Waals surface area contributed by atoms with Crippen LogP contribution < -0.4 is 10.1 Å². The van der Waals surface area contributed by atoms with Crippen LogP contribution in [0, 0.1) is 12.7 Å². The maximum atomic E-state index is 13.3. The van der Waals surface area contributed by atoms with Gasteiger partial charge in [-0.1, -0.05) is 5.16 Å². The normalized spacial score (nSPS) is 13.7. The number of hydrogen-bond donors (Lipinski definition) is 1. The van der Waals surface area contributed by atoms with E-state index in [4.69, 9.17) is 9.26 Å². The van der Waals surface area contributed by atoms with E-state index in [9.17, 15) is 14.0 Å². The van der Waals surface area contributed by atoms with Gasteiger partial charge in [0.15, 0.2) is 6.61 Å². The number of fused-ring (bicyclic) bond motifs is 1. The molecule has 4 rings (SSSR count). The Kier molecular flexibility index (Phi) is 6.06. The lowest BCUT2D eigenvalue weighted by Gasteiger charge is -2.15. The van der Waals surface area contributed by atoms with Gasteiger partial charge >= 0.3 is 0 Å². The van der Waals surface area contributed by atoms with E-state index in [1.165, 1.54) is 12.1 Å². The summed E-state index contributed by atoms with van der Waals surface area (Å²) in [6.45, 7) is 3.29. The largest absolute Gasteiger partial charge is 0.467 e. The van der Waals surface area contributed by atoms with Crippen LogP contribution in [0.2, 0.25) is 0 Å². The molecule has 0 bridgehead atoms. The summed E-state index contributed by atoms with van der Waals surface area (Å²) in [5, 5.41) is 7.21. The molecular weight excluding hydrogens is 405 g/mol. The first-order valence-corrected chi connectivity index (χ1v) is 10.1. The average Bonchev–Trinajstić information content (AvgIpc) is 3.36. The fourth-order valence-corrected chi connectivity index (χ4v) is 3.46. The Morgan fingerprint density at radius 3 is 2.84 bits per heavy atom. The van der Waals surface area contributed by atoms with Crippen LogP contribution in [0.1, 0.15) is 25.1 Å². The Balaban J connectivity index is 1.39. The van der Waals surface area contributed by atoms with Gasteiger partial charge in [0, 0.05) is 31.6 Å². The monoisotopic (exact) mass is 427 g/mol. The fourth-order valence-electron chi connectivity index (χ4n) is 3.46. The zero-order valence-electron chi connectivity index (χ0n) is 17.1. The number of carbonyl (C=O) groups is 2. The Hall–Kier alpha value is -3.56. The van der Waals surface area contributed by atoms with Crippen LogP contribution in [0.25, 0.3) is 22.4 Å². The van der Waals surface area contributed by atoms with Crippen molar-refractivity contribution in [2.24, 2.45) is 0 Å². The highest BCUT2D eigenvalue weighted by Crippen LogP contribution is 2.33. The van der Waals surface area contributed by atoms with Crippen LogP contribution in [0.5, 0.6) is 5.88 Å². The summed E-state index contributed by atoms with van der Waals surface area (Å²) in [5.74, 6) is 0.0622. The van der Waals surface area contributed by atoms with Gasteiger partial charge < -0.3 is 19.5 Å². The second kappa shape index (κ2) is 9.07. The predicted molar refractivity (Wildman–Crippen MR) is 109 cm³/mol. The Morgan fingerprint density at radius 2 is 2.10 bits per heavy atom. The SMILES string of the molecule is Cc1nc(OCC(=O)NCCCN2CCCC2=O)c2c(-c3ccc(F)cc3)noc2n1. The molecule has 0 atom stereocenters. The Morgan fingerprint density at radius 1 is 1.29 bits per heavy atom. The van der Waals surface area contributed by atoms with Gasteiger partial charge in [-0.25, -0.2) is 4.39 Å². The number of nitrogens with zero attached hydrogens (tertiary/aromatic N) is 4. The summed E-state index contributed by atoms with van der Waals surface area (Å²) in [6, 6.07) is 5.76. The van der Waals surface area contributed by atoms with Crippen molar-refractivity contribution in [2.45, 2.75) is 26.2 Å². The van der Waals surface area contributed by atoms with E-state index in [2.05, 4.69) is 20.4 Å². The molecule has 1 aliphatic rings. The third-order valence-corrected chi connectivity index (χ3v) is 4.97. The zero-order chi connectivity index (χ0) is 21.8. The molecule has 3 heterocycles. The average molecular weight is 427 g/mol. The number of nitrogens with one attached hydrogen (secondary N) is 1. The van der Waals surface area contributed by atoms with E-state index in [0.717, 1.165) is 13.0 Å². The van der Waals surface area contributed by atoms with Crippen LogP contribution in [-0.2, 0) is 9.59 Å². The summed E-state index contributed by atoms with van der Waals surface area (Å²) in [5.41, 5.74) is 1.23. The number of halogens is 1. The van der Waals surface area contributed by atoms with Gasteiger partial charge in [0.05, 0.1) is 0 Å². The van der Waals surface area contributed by atoms with Crippen molar-refractivity contribution in [3.05, 3.63) is 35.9 Å². The van der Waals surface area contributed by atoms with Crippen LogP contribution in [0.3, 0.4) is 0 Å². The highest BCUT2D eigenvalue weighted by atomic mass is 19.1. The number of amides is 2. The van der Waals surface area contributed by atoms with E-state index >= 15 is 0 Å². The molecule has 0 saturated carbocycles. The van der Waals surface area contributed by atoms with E-state index in [0.29, 0.717) is 48.4 Å². The maximum absolute atomic E-state index is 13.3. The quantitative estimate of drug-likeness (QED) is 0.549. The topological polar surface area (TPSA) is 110 Å². The molecule has 0 radical (unpaired) electrons. The zero-order valence-corrected chi connectivity index (χ0v) is 17.1. The molecule has 1 aliphatic heterocycles. The molecule has 2 aromatic heterocycles. The van der Waals surface area contributed by atoms with Crippen molar-refractivity contribution in [1.82, 2.24) is 25.3 Å². The van der Waals surface area contributed by atoms with Crippen molar-refractivity contribution in [2.75, 3.05) is 26.2 Å². The smallest absolute Gasteiger partial charge is 0.265 e. The molecular formula is C21H22FN5O4. The Labute approximate surface area is 177 Å². The van der Waals surface area contributed by atoms with E-state index in [1.54, 1.807) is 19.1 Å². The first-order valence-electron chi connectivity index (χ1n) is 10.1. The molecule has 31 heavy (non-hydrogen) atoms. The summed E-state index contributed by atoms with van der Waals surface area (Å²) in [6.07, 6.45) is 2.18. The predicted octanol–water partition coefficient (Wildman–Crippen LogP) is 2.24. The van der Waals surface area contributed by atoms with Gasteiger partial charge in [0.2, 0.25) is 11.8 Å². The van der Waals surface area contributed by atoms with E-state index < -0.39 is 0 Å². The molecule has 162 valence electrons. The second-order valence-electron chi connectivity index (χ2n) is 7.27. The highest BCUT2D eigenvalue weighted by Gasteiger charge is 2.21. The second-order valence-corrected chi connectivity index (χ2v) is 7.27. The molecule has 2 amide bonds. The molecule has 9 nitrogen and oxygen atoms in total. The van der Waals surface area contributed by atoms with Crippen molar-refractivity contribution in [1.29, 1.82) is 0 Å². The lowest BCUT2D eigenvalue weighted by molar-refractivity contribution is -0.127. The minimum Gasteiger partial charge on any atom is -0.467 e. The number of ether oxygens (including phenoxy) is 1. The number of benzene rings is 1. The van der Waals surface area contributed by atoms with E-state index in [-0.39, 0.29) is 35.8 Å². The lowest BCUT2D eigenvalue weighted by atomic mass is 10.1. The minimum absolute atomic E-state index is 0.167. The van der Waals surface area contributed by atoms with Gasteiger partial charge in [-0.05, 0) is 44.0 Å². The van der Waals surface area contributed by atoms with Crippen LogP contribution >= 0.6 is 0 Å². The molecule has 1 aromatic carbocycles. The molecule has 1 fully saturated rings. The number of aryl methyl sites for hydroxylation is 1. The summed E-state index contributed by atoms with van der Waals surface area (Å²) in [4.78, 5) is 34.1. The number of hydrogen-bond acceptors (Lipinski definition) is 7. The minimum atomic E-state index is -0.370. The third-order valence-electron chi connectivity index (χ3n) is 4.97. The van der Waals surface area contributed by atoms with Crippen LogP contribution in [0.15, 0.2) is 28.8 Å². The van der Waals surface area contributed by atoms with Crippen molar-refractivity contribution in [3.8, 4) is 17.1 Å². The van der Waals surface area contributed by atoms with Crippen molar-refractivity contribution >= 4 is 22.9 Å². The van der Waals surface area contributed by atoms with Gasteiger partial charge in [0.1, 0.15) is 22.7 Å². The van der Waals surface area contributed by atoms with Gasteiger partial charge in [-0.3, -0.25) is 9.59 Å². The van der Waals surface area contributed by atoms with Gasteiger partial charge in [-0.15, -0.1) is 0 Å². The molecule has 0 spiro atoms. The summed E-state index contributed by atoms with van der Waals surface area (Å²) < 4.78 is 24.2. The van der Waals surface area contributed by atoms with Crippen molar-refractivity contribution < 1.29 is 23.2 Å². The molecule has 0 unspecified atom stereocenters. The number of likely N-dealkylation sites (tertiary alicyclic amines) is 1. The third kappa shape index (κ3) is 4.79. The lowest BCUT2D eigenvalue weighted by Crippen LogP contribution is -2.33. The standard InChI is InChI=1S/C21H22FN5O4/c1-13-24-20(30-12-16(28)23-9-3-11-27-10-2-4-17(27)29)18-19(26-31-21(18)25-13)14-5-7-15(22)8-6-14/h5-8H,2-4,9-12H2,1H3,(H,23,28). The van der Waals surface area contributed by atoms with Crippen LogP contribution in [0.4, 0.5) is 4.39 Å². The molecule has 1 saturated heterocycles. The fraction of sp³-hybridized carbons (Fsp3) is 0.381. The highest BCUT2D eigenvalue weighted by molar-refractivity contribution is 5.93. The molecule has 1 N–H and O–H groups in total. The van der Waals surface area contributed by atoms with Gasteiger partial charge in [-0.2, -0.15) is 9.97 Å². The maximum Gasteiger partial charge on any atom is 0.265 e. The number of aromatic nitrogens is 3. The molecule has 10 heteroatoms. The van der Waals surface area contributed by atoms with Crippen LogP contribution in [-0.4, -0.2) is 58.1 Å².